The molecule has 0 radical (unpaired) electrons. The quantitative estimate of drug-likeness (QED) is 0.395. The van der Waals surface area contributed by atoms with Crippen LogP contribution in [0.2, 0.25) is 0 Å². The molecule has 3 heteroatoms. The van der Waals surface area contributed by atoms with Gasteiger partial charge in [-0.3, -0.25) is 4.79 Å². The average Bonchev–Trinajstić information content (AvgIpc) is 2.19. The van der Waals surface area contributed by atoms with E-state index in [9.17, 15) is 9.59 Å². The zero-order valence-electron chi connectivity index (χ0n) is 10.3. The minimum atomic E-state index is -0.299. The maximum absolute atomic E-state index is 11.1. The van der Waals surface area contributed by atoms with E-state index >= 15 is 0 Å². The Morgan fingerprint density at radius 2 is 1.94 bits per heavy atom. The van der Waals surface area contributed by atoms with Gasteiger partial charge in [-0.1, -0.05) is 13.8 Å². The van der Waals surface area contributed by atoms with Gasteiger partial charge in [-0.25, -0.2) is 0 Å². The summed E-state index contributed by atoms with van der Waals surface area (Å²) in [6.07, 6.45) is 1.96. The Hall–Kier alpha value is -1.30. The van der Waals surface area contributed by atoms with Crippen molar-refractivity contribution in [3.63, 3.8) is 0 Å². The molecule has 0 bridgehead atoms. The van der Waals surface area contributed by atoms with E-state index in [0.29, 0.717) is 12.5 Å². The molecule has 0 saturated heterocycles. The highest BCUT2D eigenvalue weighted by Gasteiger charge is 2.03. The van der Waals surface area contributed by atoms with Crippen LogP contribution < -0.4 is 0 Å². The third-order valence-corrected chi connectivity index (χ3v) is 1.78. The number of carbonyl (C=O) groups is 2. The lowest BCUT2D eigenvalue weighted by atomic mass is 10.2. The standard InChI is InChI=1S/C13H20O3/c1-11(2)7-5-4-6-10-16-13(15)9-8-12(3)14/h11H,4,6,8-10H2,1-3H3. The predicted octanol–water partition coefficient (Wildman–Crippen LogP) is 2.34. The molecule has 3 nitrogen and oxygen atoms in total. The predicted molar refractivity (Wildman–Crippen MR) is 62.7 cm³/mol. The first kappa shape index (κ1) is 14.7. The van der Waals surface area contributed by atoms with Gasteiger partial charge in [0.2, 0.25) is 0 Å². The van der Waals surface area contributed by atoms with Crippen molar-refractivity contribution < 1.29 is 14.3 Å². The monoisotopic (exact) mass is 224 g/mol. The first-order valence-corrected chi connectivity index (χ1v) is 5.66. The molecular formula is C13H20O3. The molecule has 0 N–H and O–H groups in total. The molecule has 0 aliphatic rings. The maximum Gasteiger partial charge on any atom is 0.306 e. The Balaban J connectivity index is 3.42. The summed E-state index contributed by atoms with van der Waals surface area (Å²) in [5.41, 5.74) is 0. The third-order valence-electron chi connectivity index (χ3n) is 1.78. The summed E-state index contributed by atoms with van der Waals surface area (Å²) < 4.78 is 4.94. The van der Waals surface area contributed by atoms with Crippen molar-refractivity contribution >= 4 is 11.8 Å². The Labute approximate surface area is 97.6 Å². The van der Waals surface area contributed by atoms with Crippen LogP contribution in [0.25, 0.3) is 0 Å². The molecule has 0 atom stereocenters. The van der Waals surface area contributed by atoms with Gasteiger partial charge < -0.3 is 9.53 Å². The van der Waals surface area contributed by atoms with Gasteiger partial charge >= 0.3 is 5.97 Å². The van der Waals surface area contributed by atoms with Gasteiger partial charge in [0.1, 0.15) is 5.78 Å². The second kappa shape index (κ2) is 8.96. The second-order valence-electron chi connectivity index (χ2n) is 4.00. The fourth-order valence-electron chi connectivity index (χ4n) is 0.973. The largest absolute Gasteiger partial charge is 0.466 e. The first-order chi connectivity index (χ1) is 7.52. The van der Waals surface area contributed by atoms with Gasteiger partial charge in [0, 0.05) is 18.8 Å². The fraction of sp³-hybridized carbons (Fsp3) is 0.692. The second-order valence-corrected chi connectivity index (χ2v) is 4.00. The SMILES string of the molecule is CC(=O)CCC(=O)OCCCC#CC(C)C. The molecule has 16 heavy (non-hydrogen) atoms. The van der Waals surface area contributed by atoms with Gasteiger partial charge in [-0.05, 0) is 13.3 Å². The van der Waals surface area contributed by atoms with E-state index in [-0.39, 0.29) is 24.6 Å². The van der Waals surface area contributed by atoms with Crippen LogP contribution in [-0.4, -0.2) is 18.4 Å². The number of rotatable bonds is 6. The van der Waals surface area contributed by atoms with E-state index in [4.69, 9.17) is 4.74 Å². The highest BCUT2D eigenvalue weighted by molar-refractivity contribution is 5.80. The average molecular weight is 224 g/mol. The van der Waals surface area contributed by atoms with Crippen LogP contribution in [0.3, 0.4) is 0 Å². The summed E-state index contributed by atoms with van der Waals surface area (Å²) >= 11 is 0. The zero-order valence-corrected chi connectivity index (χ0v) is 10.3. The Morgan fingerprint density at radius 3 is 2.50 bits per heavy atom. The summed E-state index contributed by atoms with van der Waals surface area (Å²) in [7, 11) is 0. The fourth-order valence-corrected chi connectivity index (χ4v) is 0.973. The van der Waals surface area contributed by atoms with Crippen LogP contribution in [-0.2, 0) is 14.3 Å². The summed E-state index contributed by atoms with van der Waals surface area (Å²) in [6, 6.07) is 0. The molecule has 0 unspecified atom stereocenters. The van der Waals surface area contributed by atoms with Crippen molar-refractivity contribution in [3.8, 4) is 11.8 Å². The molecule has 0 heterocycles. The normalized spacial score (nSPS) is 9.50. The Kier molecular flexibility index (Phi) is 8.24. The van der Waals surface area contributed by atoms with Crippen LogP contribution in [0.1, 0.15) is 46.5 Å². The van der Waals surface area contributed by atoms with Gasteiger partial charge in [0.15, 0.2) is 0 Å². The van der Waals surface area contributed by atoms with E-state index in [1.54, 1.807) is 0 Å². The van der Waals surface area contributed by atoms with Crippen LogP contribution in [0.4, 0.5) is 0 Å². The van der Waals surface area contributed by atoms with Crippen molar-refractivity contribution in [1.29, 1.82) is 0 Å². The minimum absolute atomic E-state index is 0.0137. The van der Waals surface area contributed by atoms with Crippen molar-refractivity contribution in [2.75, 3.05) is 6.61 Å². The minimum Gasteiger partial charge on any atom is -0.466 e. The van der Waals surface area contributed by atoms with E-state index in [2.05, 4.69) is 11.8 Å². The number of carbonyl (C=O) groups excluding carboxylic acids is 2. The van der Waals surface area contributed by atoms with Crippen LogP contribution in [0.15, 0.2) is 0 Å². The molecule has 0 spiro atoms. The van der Waals surface area contributed by atoms with E-state index < -0.39 is 0 Å². The number of hydrogen-bond donors (Lipinski definition) is 0. The molecule has 0 aromatic carbocycles. The molecule has 0 saturated carbocycles. The van der Waals surface area contributed by atoms with Crippen LogP contribution >= 0.6 is 0 Å². The number of hydrogen-bond acceptors (Lipinski definition) is 3. The van der Waals surface area contributed by atoms with E-state index in [1.165, 1.54) is 6.92 Å². The molecule has 0 fully saturated rings. The molecule has 90 valence electrons. The number of Topliss-reactive ketones (excluding diaryl/α,β-unsaturated/α-hetero) is 1. The lowest BCUT2D eigenvalue weighted by Crippen LogP contribution is -2.07. The summed E-state index contributed by atoms with van der Waals surface area (Å²) in [6.45, 7) is 5.93. The van der Waals surface area contributed by atoms with Gasteiger partial charge in [-0.15, -0.1) is 11.8 Å². The van der Waals surface area contributed by atoms with Crippen LogP contribution in [0.5, 0.6) is 0 Å². The number of esters is 1. The van der Waals surface area contributed by atoms with Crippen LogP contribution in [0, 0.1) is 17.8 Å². The zero-order chi connectivity index (χ0) is 12.4. The Morgan fingerprint density at radius 1 is 1.25 bits per heavy atom. The molecule has 0 rings (SSSR count). The summed E-state index contributed by atoms with van der Waals surface area (Å²) in [5, 5.41) is 0. The summed E-state index contributed by atoms with van der Waals surface area (Å²) in [5.74, 6) is 6.15. The molecule has 0 amide bonds. The van der Waals surface area contributed by atoms with Gasteiger partial charge in [0.25, 0.3) is 0 Å². The number of unbranched alkanes of at least 4 members (excludes halogenated alkanes) is 1. The molecule has 0 aromatic rings. The lowest BCUT2D eigenvalue weighted by Gasteiger charge is -2.01. The van der Waals surface area contributed by atoms with E-state index in [1.807, 2.05) is 13.8 Å². The van der Waals surface area contributed by atoms with Crippen molar-refractivity contribution in [3.05, 3.63) is 0 Å². The number of ether oxygens (including phenoxy) is 1. The number of ketones is 1. The van der Waals surface area contributed by atoms with Gasteiger partial charge in [0.05, 0.1) is 13.0 Å². The van der Waals surface area contributed by atoms with Gasteiger partial charge in [-0.2, -0.15) is 0 Å². The highest BCUT2D eigenvalue weighted by Crippen LogP contribution is 1.96. The molecular weight excluding hydrogens is 204 g/mol. The van der Waals surface area contributed by atoms with E-state index in [0.717, 1.165) is 12.8 Å². The van der Waals surface area contributed by atoms with Crippen molar-refractivity contribution in [2.24, 2.45) is 5.92 Å². The summed E-state index contributed by atoms with van der Waals surface area (Å²) in [4.78, 5) is 21.7. The topological polar surface area (TPSA) is 43.4 Å². The first-order valence-electron chi connectivity index (χ1n) is 5.66. The third kappa shape index (κ3) is 10.8. The van der Waals surface area contributed by atoms with Crippen molar-refractivity contribution in [1.82, 2.24) is 0 Å². The lowest BCUT2D eigenvalue weighted by molar-refractivity contribution is -0.144. The molecule has 0 aliphatic carbocycles. The highest BCUT2D eigenvalue weighted by atomic mass is 16.5. The van der Waals surface area contributed by atoms with Crippen molar-refractivity contribution in [2.45, 2.75) is 46.5 Å². The molecule has 0 aliphatic heterocycles. The smallest absolute Gasteiger partial charge is 0.306 e. The Bertz CT molecular complexity index is 281. The maximum atomic E-state index is 11.1. The molecule has 0 aromatic heterocycles.